The molecular formula is C14H23ClN2O3S. The molecule has 1 rings (SSSR count). The van der Waals surface area contributed by atoms with Gasteiger partial charge in [0.25, 0.3) is 0 Å². The Morgan fingerprint density at radius 3 is 2.38 bits per heavy atom. The third kappa shape index (κ3) is 4.93. The minimum atomic E-state index is -3.57. The first-order valence-corrected chi connectivity index (χ1v) is 8.69. The summed E-state index contributed by atoms with van der Waals surface area (Å²) in [5, 5.41) is 9.59. The van der Waals surface area contributed by atoms with Crippen LogP contribution < -0.4 is 0 Å². The van der Waals surface area contributed by atoms with E-state index in [-0.39, 0.29) is 11.5 Å². The van der Waals surface area contributed by atoms with Gasteiger partial charge in [-0.05, 0) is 44.3 Å². The molecule has 7 heteroatoms. The van der Waals surface area contributed by atoms with Crippen LogP contribution in [0.25, 0.3) is 0 Å². The Morgan fingerprint density at radius 1 is 1.19 bits per heavy atom. The maximum absolute atomic E-state index is 12.7. The van der Waals surface area contributed by atoms with Crippen LogP contribution in [-0.2, 0) is 16.6 Å². The van der Waals surface area contributed by atoms with Gasteiger partial charge in [0.1, 0.15) is 0 Å². The lowest BCUT2D eigenvalue weighted by Crippen LogP contribution is -2.37. The number of sulfonamides is 1. The number of hydrogen-bond acceptors (Lipinski definition) is 4. The van der Waals surface area contributed by atoms with E-state index < -0.39 is 10.0 Å². The standard InChI is InChI=1S/C14H23ClN2O3S/c1-4-7-17(9-8-16(2)3)21(19,20)13-5-6-14(15)12(10-13)11-18/h5-6,10,18H,4,7-9,11H2,1-3H3. The zero-order valence-electron chi connectivity index (χ0n) is 12.7. The molecule has 5 nitrogen and oxygen atoms in total. The first kappa shape index (κ1) is 18.4. The lowest BCUT2D eigenvalue weighted by molar-refractivity contribution is 0.281. The quantitative estimate of drug-likeness (QED) is 0.787. The number of aliphatic hydroxyl groups excluding tert-OH is 1. The number of aliphatic hydroxyl groups is 1. The molecule has 0 saturated heterocycles. The number of likely N-dealkylation sites (N-methyl/N-ethyl adjacent to an activating group) is 1. The second kappa shape index (κ2) is 8.10. The molecule has 0 aliphatic carbocycles. The maximum atomic E-state index is 12.7. The van der Waals surface area contributed by atoms with E-state index in [1.165, 1.54) is 22.5 Å². The first-order chi connectivity index (χ1) is 9.82. The summed E-state index contributed by atoms with van der Waals surface area (Å²) in [4.78, 5) is 2.11. The Morgan fingerprint density at radius 2 is 1.86 bits per heavy atom. The summed E-state index contributed by atoms with van der Waals surface area (Å²) in [7, 11) is 0.240. The maximum Gasteiger partial charge on any atom is 0.243 e. The fourth-order valence-electron chi connectivity index (χ4n) is 1.89. The Balaban J connectivity index is 3.09. The monoisotopic (exact) mass is 334 g/mol. The van der Waals surface area contributed by atoms with Crippen LogP contribution in [0.5, 0.6) is 0 Å². The fourth-order valence-corrected chi connectivity index (χ4v) is 3.65. The summed E-state index contributed by atoms with van der Waals surface area (Å²) < 4.78 is 26.9. The third-order valence-electron chi connectivity index (χ3n) is 3.09. The molecule has 0 heterocycles. The van der Waals surface area contributed by atoms with Crippen molar-refractivity contribution in [1.82, 2.24) is 9.21 Å². The van der Waals surface area contributed by atoms with E-state index in [4.69, 9.17) is 11.6 Å². The molecular weight excluding hydrogens is 312 g/mol. The van der Waals surface area contributed by atoms with Crippen LogP contribution in [0.2, 0.25) is 5.02 Å². The van der Waals surface area contributed by atoms with Crippen LogP contribution in [0.1, 0.15) is 18.9 Å². The van der Waals surface area contributed by atoms with Gasteiger partial charge < -0.3 is 10.0 Å². The van der Waals surface area contributed by atoms with E-state index in [0.29, 0.717) is 30.2 Å². The molecule has 0 amide bonds. The van der Waals surface area contributed by atoms with Crippen molar-refractivity contribution < 1.29 is 13.5 Å². The van der Waals surface area contributed by atoms with Gasteiger partial charge in [-0.3, -0.25) is 0 Å². The van der Waals surface area contributed by atoms with Gasteiger partial charge in [-0.25, -0.2) is 8.42 Å². The van der Waals surface area contributed by atoms with Crippen LogP contribution in [0.4, 0.5) is 0 Å². The van der Waals surface area contributed by atoms with E-state index >= 15 is 0 Å². The van der Waals surface area contributed by atoms with E-state index in [0.717, 1.165) is 6.42 Å². The molecule has 0 aromatic heterocycles. The second-order valence-electron chi connectivity index (χ2n) is 5.12. The number of benzene rings is 1. The molecule has 0 spiro atoms. The highest BCUT2D eigenvalue weighted by Crippen LogP contribution is 2.23. The summed E-state index contributed by atoms with van der Waals surface area (Å²) in [5.74, 6) is 0. The number of hydrogen-bond donors (Lipinski definition) is 1. The molecule has 0 radical (unpaired) electrons. The van der Waals surface area contributed by atoms with E-state index in [9.17, 15) is 13.5 Å². The zero-order valence-corrected chi connectivity index (χ0v) is 14.3. The van der Waals surface area contributed by atoms with Gasteiger partial charge >= 0.3 is 0 Å². The number of rotatable bonds is 8. The molecule has 1 N–H and O–H groups in total. The molecule has 120 valence electrons. The highest BCUT2D eigenvalue weighted by Gasteiger charge is 2.24. The molecule has 0 bridgehead atoms. The molecule has 0 aliphatic heterocycles. The Labute approximate surface area is 132 Å². The van der Waals surface area contributed by atoms with Crippen molar-refractivity contribution in [2.75, 3.05) is 33.7 Å². The van der Waals surface area contributed by atoms with E-state index in [1.54, 1.807) is 0 Å². The predicted octanol–water partition coefficient (Wildman–Crippen LogP) is 1.79. The van der Waals surface area contributed by atoms with Gasteiger partial charge in [0.2, 0.25) is 10.0 Å². The van der Waals surface area contributed by atoms with Crippen LogP contribution in [-0.4, -0.2) is 56.5 Å². The number of nitrogens with zero attached hydrogens (tertiary/aromatic N) is 2. The van der Waals surface area contributed by atoms with Gasteiger partial charge in [-0.15, -0.1) is 0 Å². The van der Waals surface area contributed by atoms with Crippen molar-refractivity contribution in [3.05, 3.63) is 28.8 Å². The van der Waals surface area contributed by atoms with Gasteiger partial charge in [0.15, 0.2) is 0 Å². The molecule has 0 aliphatic rings. The second-order valence-corrected chi connectivity index (χ2v) is 7.46. The first-order valence-electron chi connectivity index (χ1n) is 6.87. The molecule has 0 unspecified atom stereocenters. The normalized spacial score (nSPS) is 12.3. The average molecular weight is 335 g/mol. The van der Waals surface area contributed by atoms with Crippen molar-refractivity contribution in [3.63, 3.8) is 0 Å². The lowest BCUT2D eigenvalue weighted by atomic mass is 10.2. The molecule has 1 aromatic rings. The largest absolute Gasteiger partial charge is 0.392 e. The summed E-state index contributed by atoms with van der Waals surface area (Å²) in [6, 6.07) is 4.43. The highest BCUT2D eigenvalue weighted by atomic mass is 35.5. The van der Waals surface area contributed by atoms with Crippen molar-refractivity contribution in [1.29, 1.82) is 0 Å². The zero-order chi connectivity index (χ0) is 16.0. The van der Waals surface area contributed by atoms with Gasteiger partial charge in [0, 0.05) is 24.7 Å². The smallest absolute Gasteiger partial charge is 0.243 e. The Bertz CT molecular complexity index is 561. The van der Waals surface area contributed by atoms with E-state index in [2.05, 4.69) is 0 Å². The van der Waals surface area contributed by atoms with Crippen LogP contribution >= 0.6 is 11.6 Å². The SMILES string of the molecule is CCCN(CCN(C)C)S(=O)(=O)c1ccc(Cl)c(CO)c1. The highest BCUT2D eigenvalue weighted by molar-refractivity contribution is 7.89. The number of halogens is 1. The molecule has 21 heavy (non-hydrogen) atoms. The van der Waals surface area contributed by atoms with Crippen molar-refractivity contribution in [3.8, 4) is 0 Å². The Kier molecular flexibility index (Phi) is 7.09. The van der Waals surface area contributed by atoms with Crippen molar-refractivity contribution >= 4 is 21.6 Å². The Hall–Kier alpha value is -0.660. The summed E-state index contributed by atoms with van der Waals surface area (Å²) in [5.41, 5.74) is 0.418. The van der Waals surface area contributed by atoms with E-state index in [1.807, 2.05) is 25.9 Å². The topological polar surface area (TPSA) is 60.9 Å². The third-order valence-corrected chi connectivity index (χ3v) is 5.36. The summed E-state index contributed by atoms with van der Waals surface area (Å²) in [6.45, 7) is 3.21. The molecule has 1 aromatic carbocycles. The minimum Gasteiger partial charge on any atom is -0.392 e. The molecule has 0 fully saturated rings. The van der Waals surface area contributed by atoms with Crippen molar-refractivity contribution in [2.24, 2.45) is 0 Å². The van der Waals surface area contributed by atoms with Crippen LogP contribution in [0.15, 0.2) is 23.1 Å². The average Bonchev–Trinajstić information content (AvgIpc) is 2.43. The van der Waals surface area contributed by atoms with Gasteiger partial charge in [-0.1, -0.05) is 18.5 Å². The molecule has 0 atom stereocenters. The lowest BCUT2D eigenvalue weighted by Gasteiger charge is -2.23. The molecule has 0 saturated carbocycles. The van der Waals surface area contributed by atoms with Crippen LogP contribution in [0, 0.1) is 0 Å². The van der Waals surface area contributed by atoms with Crippen LogP contribution in [0.3, 0.4) is 0 Å². The summed E-state index contributed by atoms with van der Waals surface area (Å²) >= 11 is 5.91. The van der Waals surface area contributed by atoms with Gasteiger partial charge in [-0.2, -0.15) is 4.31 Å². The van der Waals surface area contributed by atoms with Crippen molar-refractivity contribution in [2.45, 2.75) is 24.8 Å². The predicted molar refractivity (Wildman–Crippen MR) is 85.0 cm³/mol. The summed E-state index contributed by atoms with van der Waals surface area (Å²) in [6.07, 6.45) is 0.743. The van der Waals surface area contributed by atoms with Gasteiger partial charge in [0.05, 0.1) is 11.5 Å². The fraction of sp³-hybridized carbons (Fsp3) is 0.571. The minimum absolute atomic E-state index is 0.170.